The van der Waals surface area contributed by atoms with Gasteiger partial charge in [-0.1, -0.05) is 36.7 Å². The van der Waals surface area contributed by atoms with E-state index in [-0.39, 0.29) is 10.8 Å². The lowest BCUT2D eigenvalue weighted by Crippen LogP contribution is -2.48. The molecule has 0 atom stereocenters. The molecule has 6 nitrogen and oxygen atoms in total. The van der Waals surface area contributed by atoms with Gasteiger partial charge >= 0.3 is 0 Å². The van der Waals surface area contributed by atoms with E-state index in [1.807, 2.05) is 36.1 Å². The molecule has 0 radical (unpaired) electrons. The monoisotopic (exact) mass is 449 g/mol. The molecular weight excluding hydrogens is 422 g/mol. The van der Waals surface area contributed by atoms with Gasteiger partial charge in [0, 0.05) is 49.9 Å². The third-order valence-electron chi connectivity index (χ3n) is 5.21. The zero-order chi connectivity index (χ0) is 21.6. The molecule has 0 aliphatic carbocycles. The Morgan fingerprint density at radius 3 is 2.40 bits per heavy atom. The number of nitrogens with zero attached hydrogens (tertiary/aromatic N) is 2. The van der Waals surface area contributed by atoms with Gasteiger partial charge in [0.2, 0.25) is 15.9 Å². The summed E-state index contributed by atoms with van der Waals surface area (Å²) in [6, 6.07) is 14.5. The Kier molecular flexibility index (Phi) is 7.75. The Bertz CT molecular complexity index is 956. The number of hydrogen-bond acceptors (Lipinski definition) is 4. The number of sulfonamides is 1. The third-order valence-corrected chi connectivity index (χ3v) is 6.92. The topological polar surface area (TPSA) is 69.7 Å². The second-order valence-electron chi connectivity index (χ2n) is 7.39. The van der Waals surface area contributed by atoms with Crippen LogP contribution in [0, 0.1) is 0 Å². The number of anilines is 1. The summed E-state index contributed by atoms with van der Waals surface area (Å²) >= 11 is 6.07. The fraction of sp³-hybridized carbons (Fsp3) is 0.409. The summed E-state index contributed by atoms with van der Waals surface area (Å²) in [7, 11) is -3.46. The van der Waals surface area contributed by atoms with Gasteiger partial charge in [-0.05, 0) is 48.7 Å². The third kappa shape index (κ3) is 5.97. The fourth-order valence-electron chi connectivity index (χ4n) is 3.45. The predicted octanol–water partition coefficient (Wildman–Crippen LogP) is 3.31. The number of nitrogens with one attached hydrogen (secondary N) is 1. The van der Waals surface area contributed by atoms with Crippen LogP contribution in [0.25, 0.3) is 0 Å². The second kappa shape index (κ2) is 10.3. The number of amides is 1. The van der Waals surface area contributed by atoms with E-state index in [4.69, 9.17) is 11.6 Å². The van der Waals surface area contributed by atoms with Crippen molar-refractivity contribution < 1.29 is 13.2 Å². The molecular formula is C22H28ClN3O3S. The molecule has 0 aromatic heterocycles. The molecule has 0 unspecified atom stereocenters. The van der Waals surface area contributed by atoms with Crippen LogP contribution in [0.2, 0.25) is 5.02 Å². The Hall–Kier alpha value is -2.09. The van der Waals surface area contributed by atoms with Crippen molar-refractivity contribution in [1.29, 1.82) is 0 Å². The van der Waals surface area contributed by atoms with Crippen LogP contribution in [0.3, 0.4) is 0 Å². The first-order valence-electron chi connectivity index (χ1n) is 10.3. The first-order valence-corrected chi connectivity index (χ1v) is 12.1. The fourth-order valence-corrected chi connectivity index (χ4v) is 4.77. The van der Waals surface area contributed by atoms with Crippen molar-refractivity contribution in [2.24, 2.45) is 0 Å². The molecule has 0 spiro atoms. The summed E-state index contributed by atoms with van der Waals surface area (Å²) in [6.45, 7) is 5.27. The van der Waals surface area contributed by atoms with Crippen molar-refractivity contribution in [3.8, 4) is 0 Å². The second-order valence-corrected chi connectivity index (χ2v) is 9.59. The SMILES string of the molecule is CCCNS(=O)(=O)c1ccc(CCC(=O)N2CCN(c3cccc(Cl)c3)CC2)cc1. The van der Waals surface area contributed by atoms with E-state index in [1.165, 1.54) is 0 Å². The minimum Gasteiger partial charge on any atom is -0.368 e. The molecule has 1 heterocycles. The molecule has 2 aromatic carbocycles. The summed E-state index contributed by atoms with van der Waals surface area (Å²) < 4.78 is 26.8. The van der Waals surface area contributed by atoms with E-state index in [0.717, 1.165) is 30.8 Å². The van der Waals surface area contributed by atoms with E-state index in [9.17, 15) is 13.2 Å². The van der Waals surface area contributed by atoms with Gasteiger partial charge in [-0.3, -0.25) is 4.79 Å². The number of carbonyl (C=O) groups is 1. The number of benzene rings is 2. The molecule has 1 amide bonds. The summed E-state index contributed by atoms with van der Waals surface area (Å²) in [4.78, 5) is 17.0. The number of aryl methyl sites for hydroxylation is 1. The molecule has 1 saturated heterocycles. The van der Waals surface area contributed by atoms with E-state index < -0.39 is 10.0 Å². The molecule has 30 heavy (non-hydrogen) atoms. The van der Waals surface area contributed by atoms with Crippen molar-refractivity contribution >= 4 is 33.2 Å². The summed E-state index contributed by atoms with van der Waals surface area (Å²) in [5.74, 6) is 0.127. The zero-order valence-electron chi connectivity index (χ0n) is 17.2. The molecule has 3 rings (SSSR count). The highest BCUT2D eigenvalue weighted by Crippen LogP contribution is 2.21. The summed E-state index contributed by atoms with van der Waals surface area (Å²) in [5.41, 5.74) is 2.04. The van der Waals surface area contributed by atoms with Crippen LogP contribution < -0.4 is 9.62 Å². The van der Waals surface area contributed by atoms with Crippen LogP contribution >= 0.6 is 11.6 Å². The van der Waals surface area contributed by atoms with E-state index in [1.54, 1.807) is 24.3 Å². The lowest BCUT2D eigenvalue weighted by Gasteiger charge is -2.36. The Morgan fingerprint density at radius 1 is 1.07 bits per heavy atom. The highest BCUT2D eigenvalue weighted by molar-refractivity contribution is 7.89. The molecule has 8 heteroatoms. The maximum atomic E-state index is 12.6. The van der Waals surface area contributed by atoms with E-state index in [0.29, 0.717) is 37.5 Å². The molecule has 0 bridgehead atoms. The Balaban J connectivity index is 1.48. The van der Waals surface area contributed by atoms with Gasteiger partial charge in [-0.15, -0.1) is 0 Å². The standard InChI is InChI=1S/C22H28ClN3O3S/c1-2-12-24-30(28,29)21-9-6-18(7-10-21)8-11-22(27)26-15-13-25(14-16-26)20-5-3-4-19(23)17-20/h3-7,9-10,17,24H,2,8,11-16H2,1H3. The molecule has 1 aliphatic heterocycles. The first kappa shape index (κ1) is 22.6. The van der Waals surface area contributed by atoms with Crippen LogP contribution in [-0.4, -0.2) is 51.9 Å². The molecule has 1 fully saturated rings. The maximum absolute atomic E-state index is 12.6. The van der Waals surface area contributed by atoms with Crippen molar-refractivity contribution in [2.45, 2.75) is 31.1 Å². The highest BCUT2D eigenvalue weighted by atomic mass is 35.5. The van der Waals surface area contributed by atoms with Gasteiger partial charge in [-0.25, -0.2) is 13.1 Å². The van der Waals surface area contributed by atoms with Crippen molar-refractivity contribution in [3.05, 3.63) is 59.1 Å². The normalized spacial score (nSPS) is 14.7. The van der Waals surface area contributed by atoms with E-state index >= 15 is 0 Å². The quantitative estimate of drug-likeness (QED) is 0.671. The summed E-state index contributed by atoms with van der Waals surface area (Å²) in [6.07, 6.45) is 1.75. The van der Waals surface area contributed by atoms with Crippen molar-refractivity contribution in [1.82, 2.24) is 9.62 Å². The molecule has 1 N–H and O–H groups in total. The van der Waals surface area contributed by atoms with Crippen LogP contribution in [0.4, 0.5) is 5.69 Å². The van der Waals surface area contributed by atoms with Crippen molar-refractivity contribution in [2.75, 3.05) is 37.6 Å². The number of piperazine rings is 1. The van der Waals surface area contributed by atoms with E-state index in [2.05, 4.69) is 9.62 Å². The van der Waals surface area contributed by atoms with Gasteiger partial charge in [0.15, 0.2) is 0 Å². The highest BCUT2D eigenvalue weighted by Gasteiger charge is 2.21. The predicted molar refractivity (Wildman–Crippen MR) is 120 cm³/mol. The number of carbonyl (C=O) groups excluding carboxylic acids is 1. The van der Waals surface area contributed by atoms with Crippen LogP contribution in [0.5, 0.6) is 0 Å². The lowest BCUT2D eigenvalue weighted by molar-refractivity contribution is -0.131. The number of halogens is 1. The number of hydrogen-bond donors (Lipinski definition) is 1. The Labute approximate surface area is 183 Å². The van der Waals surface area contributed by atoms with Crippen LogP contribution in [-0.2, 0) is 21.2 Å². The largest absolute Gasteiger partial charge is 0.368 e. The van der Waals surface area contributed by atoms with Crippen LogP contribution in [0.1, 0.15) is 25.3 Å². The van der Waals surface area contributed by atoms with Gasteiger partial charge in [0.25, 0.3) is 0 Å². The molecule has 162 valence electrons. The molecule has 2 aromatic rings. The van der Waals surface area contributed by atoms with Gasteiger partial charge in [0.05, 0.1) is 4.90 Å². The average Bonchev–Trinajstić information content (AvgIpc) is 2.76. The van der Waals surface area contributed by atoms with Crippen molar-refractivity contribution in [3.63, 3.8) is 0 Å². The van der Waals surface area contributed by atoms with Gasteiger partial charge in [-0.2, -0.15) is 0 Å². The Morgan fingerprint density at radius 2 is 1.77 bits per heavy atom. The zero-order valence-corrected chi connectivity index (χ0v) is 18.8. The van der Waals surface area contributed by atoms with Gasteiger partial charge < -0.3 is 9.80 Å². The lowest BCUT2D eigenvalue weighted by atomic mass is 10.1. The molecule has 1 aliphatic rings. The van der Waals surface area contributed by atoms with Gasteiger partial charge in [0.1, 0.15) is 0 Å². The smallest absolute Gasteiger partial charge is 0.240 e. The van der Waals surface area contributed by atoms with Crippen LogP contribution in [0.15, 0.2) is 53.4 Å². The summed E-state index contributed by atoms with van der Waals surface area (Å²) in [5, 5.41) is 0.714. The minimum absolute atomic E-state index is 0.127. The average molecular weight is 450 g/mol. The molecule has 0 saturated carbocycles. The first-order chi connectivity index (χ1) is 14.4. The number of rotatable bonds is 8. The minimum atomic E-state index is -3.46. The maximum Gasteiger partial charge on any atom is 0.240 e.